The number of carbonyl (C=O) groups is 4. The average molecular weight is 844 g/mol. The number of ketones is 1. The highest BCUT2D eigenvalue weighted by molar-refractivity contribution is 6.14. The SMILES string of the molecule is Cc1c(C(=O)O)c2ccccc2n1C(=O)c1ccccc1.Cc1cc(C)c(CCC(=O)c2c(C)n(C(=O)c3ccccc3)c3ccccc23)c(=O)[nH]1.Cc1cc(C)c(CN)c(=O)[nH]1. The van der Waals surface area contributed by atoms with Crippen molar-refractivity contribution in [3.8, 4) is 0 Å². The Hall–Kier alpha value is -7.70. The Bertz CT molecular complexity index is 3140. The Morgan fingerprint density at radius 3 is 1.38 bits per heavy atom. The molecule has 0 radical (unpaired) electrons. The normalized spacial score (nSPS) is 10.8. The van der Waals surface area contributed by atoms with E-state index < -0.39 is 5.97 Å². The van der Waals surface area contributed by atoms with Crippen molar-refractivity contribution >= 4 is 45.4 Å². The topological polar surface area (TPSA) is 190 Å². The number of carbonyl (C=O) groups excluding carboxylic acids is 3. The van der Waals surface area contributed by atoms with Gasteiger partial charge in [-0.15, -0.1) is 0 Å². The number of fused-ring (bicyclic) bond motifs is 2. The summed E-state index contributed by atoms with van der Waals surface area (Å²) in [6.45, 7) is 11.2. The number of carboxylic acid groups (broad SMARTS) is 1. The Kier molecular flexibility index (Phi) is 13.8. The van der Waals surface area contributed by atoms with E-state index in [2.05, 4.69) is 9.97 Å². The number of Topliss-reactive ketones (excluding diaryl/α,β-unsaturated/α-hetero) is 1. The number of benzene rings is 4. The molecule has 0 spiro atoms. The van der Waals surface area contributed by atoms with Gasteiger partial charge in [0.25, 0.3) is 22.9 Å². The molecule has 4 aromatic carbocycles. The third kappa shape index (κ3) is 9.46. The summed E-state index contributed by atoms with van der Waals surface area (Å²) in [6, 6.07) is 36.2. The molecule has 5 N–H and O–H groups in total. The van der Waals surface area contributed by atoms with Gasteiger partial charge < -0.3 is 20.8 Å². The van der Waals surface area contributed by atoms with Crippen LogP contribution in [0.25, 0.3) is 21.8 Å². The molecule has 4 heterocycles. The Balaban J connectivity index is 0.000000177. The van der Waals surface area contributed by atoms with Gasteiger partial charge in [-0.2, -0.15) is 0 Å². The van der Waals surface area contributed by atoms with Crippen molar-refractivity contribution in [2.75, 3.05) is 0 Å². The number of para-hydroxylation sites is 2. The number of hydrogen-bond acceptors (Lipinski definition) is 7. The number of rotatable bonds is 8. The van der Waals surface area contributed by atoms with Gasteiger partial charge in [0.2, 0.25) is 0 Å². The van der Waals surface area contributed by atoms with Crippen LogP contribution >= 0.6 is 0 Å². The number of H-pyrrole nitrogens is 2. The lowest BCUT2D eigenvalue weighted by Crippen LogP contribution is -2.18. The Labute approximate surface area is 363 Å². The van der Waals surface area contributed by atoms with E-state index in [9.17, 15) is 33.9 Å². The number of nitrogens with zero attached hydrogens (tertiary/aromatic N) is 2. The van der Waals surface area contributed by atoms with Crippen molar-refractivity contribution in [2.45, 2.75) is 60.9 Å². The second-order valence-corrected chi connectivity index (χ2v) is 15.3. The molecule has 8 rings (SSSR count). The molecule has 0 aliphatic carbocycles. The van der Waals surface area contributed by atoms with Gasteiger partial charge in [-0.05, 0) is 108 Å². The number of nitrogens with two attached hydrogens (primary N) is 1. The molecule has 0 saturated carbocycles. The predicted molar refractivity (Wildman–Crippen MR) is 246 cm³/mol. The van der Waals surface area contributed by atoms with Crippen molar-refractivity contribution in [1.29, 1.82) is 0 Å². The second kappa shape index (κ2) is 19.3. The third-order valence-corrected chi connectivity index (χ3v) is 11.0. The molecule has 0 bridgehead atoms. The smallest absolute Gasteiger partial charge is 0.338 e. The van der Waals surface area contributed by atoms with E-state index in [1.165, 1.54) is 4.57 Å². The third-order valence-electron chi connectivity index (χ3n) is 11.0. The largest absolute Gasteiger partial charge is 0.478 e. The number of pyridine rings is 2. The molecule has 4 aromatic heterocycles. The van der Waals surface area contributed by atoms with Crippen LogP contribution in [0.4, 0.5) is 0 Å². The molecule has 8 aromatic rings. The molecule has 0 amide bonds. The van der Waals surface area contributed by atoms with Crippen LogP contribution in [-0.4, -0.2) is 47.8 Å². The van der Waals surface area contributed by atoms with Gasteiger partial charge in [0.15, 0.2) is 5.78 Å². The highest BCUT2D eigenvalue weighted by atomic mass is 16.4. The summed E-state index contributed by atoms with van der Waals surface area (Å²) >= 11 is 0. The second-order valence-electron chi connectivity index (χ2n) is 15.3. The monoisotopic (exact) mass is 843 g/mol. The van der Waals surface area contributed by atoms with Gasteiger partial charge >= 0.3 is 5.97 Å². The maximum atomic E-state index is 13.3. The van der Waals surface area contributed by atoms with E-state index in [0.29, 0.717) is 68.6 Å². The summed E-state index contributed by atoms with van der Waals surface area (Å²) in [6.07, 6.45) is 0.549. The lowest BCUT2D eigenvalue weighted by molar-refractivity contribution is 0.0697. The number of aromatic amines is 2. The van der Waals surface area contributed by atoms with Crippen molar-refractivity contribution in [2.24, 2.45) is 5.73 Å². The van der Waals surface area contributed by atoms with Gasteiger partial charge in [0, 0.05) is 74.3 Å². The zero-order valence-electron chi connectivity index (χ0n) is 36.0. The summed E-state index contributed by atoms with van der Waals surface area (Å²) in [5.74, 6) is -1.49. The summed E-state index contributed by atoms with van der Waals surface area (Å²) in [5.41, 5.74) is 14.2. The van der Waals surface area contributed by atoms with Crippen LogP contribution in [0.15, 0.2) is 131 Å². The van der Waals surface area contributed by atoms with Crippen LogP contribution in [-0.2, 0) is 13.0 Å². The van der Waals surface area contributed by atoms with E-state index in [4.69, 9.17) is 5.73 Å². The van der Waals surface area contributed by atoms with Crippen molar-refractivity contribution in [1.82, 2.24) is 19.1 Å². The fourth-order valence-corrected chi connectivity index (χ4v) is 7.99. The molecule has 0 aliphatic heterocycles. The van der Waals surface area contributed by atoms with Crippen molar-refractivity contribution < 1.29 is 24.3 Å². The first-order valence-corrected chi connectivity index (χ1v) is 20.4. The van der Waals surface area contributed by atoms with Crippen LogP contribution in [0.5, 0.6) is 0 Å². The van der Waals surface area contributed by atoms with Gasteiger partial charge in [-0.3, -0.25) is 33.1 Å². The lowest BCUT2D eigenvalue weighted by Gasteiger charge is -2.08. The number of aryl methyl sites for hydroxylation is 4. The van der Waals surface area contributed by atoms with Crippen molar-refractivity contribution in [3.05, 3.63) is 209 Å². The molecular formula is C51H49N5O7. The standard InChI is InChI=1S/C26H24N2O3.C17H13NO3.C8H12N2O/c1-16-15-17(2)27-25(30)20(16)13-14-23(29)24-18(3)28(22-12-8-7-11-21(22)24)26(31)19-9-5-4-6-10-19;1-11-15(17(20)21)13-9-5-6-10-14(13)18(11)16(19)12-7-3-2-4-8-12;1-5-3-6(2)10-8(11)7(5)4-9/h4-12,15H,13-14H2,1-3H3,(H,27,30);2-10H,1H3,(H,20,21);3H,4,9H2,1-2H3,(H,10,11). The maximum Gasteiger partial charge on any atom is 0.338 e. The van der Waals surface area contributed by atoms with Crippen LogP contribution < -0.4 is 16.9 Å². The molecular weight excluding hydrogens is 795 g/mol. The minimum atomic E-state index is -1.02. The number of aromatic nitrogens is 4. The molecule has 0 aliphatic rings. The summed E-state index contributed by atoms with van der Waals surface area (Å²) in [7, 11) is 0. The summed E-state index contributed by atoms with van der Waals surface area (Å²) in [4.78, 5) is 79.7. The Morgan fingerprint density at radius 1 is 0.556 bits per heavy atom. The quantitative estimate of drug-likeness (QED) is 0.109. The van der Waals surface area contributed by atoms with E-state index in [0.717, 1.165) is 27.9 Å². The molecule has 63 heavy (non-hydrogen) atoms. The van der Waals surface area contributed by atoms with Gasteiger partial charge in [-0.25, -0.2) is 4.79 Å². The van der Waals surface area contributed by atoms with E-state index >= 15 is 0 Å². The average Bonchev–Trinajstić information content (AvgIpc) is 3.73. The van der Waals surface area contributed by atoms with Crippen LogP contribution in [0.3, 0.4) is 0 Å². The van der Waals surface area contributed by atoms with Crippen molar-refractivity contribution in [3.63, 3.8) is 0 Å². The summed E-state index contributed by atoms with van der Waals surface area (Å²) < 4.78 is 3.08. The molecule has 0 saturated heterocycles. The number of carboxylic acids is 1. The van der Waals surface area contributed by atoms with Gasteiger partial charge in [0.05, 0.1) is 16.6 Å². The molecule has 12 nitrogen and oxygen atoms in total. The van der Waals surface area contributed by atoms with Crippen LogP contribution in [0.1, 0.15) is 92.9 Å². The summed E-state index contributed by atoms with van der Waals surface area (Å²) in [5, 5.41) is 10.7. The highest BCUT2D eigenvalue weighted by Crippen LogP contribution is 2.29. The Morgan fingerprint density at radius 2 is 0.952 bits per heavy atom. The molecule has 0 unspecified atom stereocenters. The number of hydrogen-bond donors (Lipinski definition) is 4. The number of aromatic carboxylic acids is 1. The minimum Gasteiger partial charge on any atom is -0.478 e. The molecule has 0 fully saturated rings. The predicted octanol–water partition coefficient (Wildman–Crippen LogP) is 8.55. The number of nitrogens with one attached hydrogen (secondary N) is 2. The van der Waals surface area contributed by atoms with Crippen LogP contribution in [0, 0.1) is 41.5 Å². The zero-order valence-corrected chi connectivity index (χ0v) is 36.0. The first kappa shape index (κ1) is 44.8. The first-order chi connectivity index (χ1) is 30.1. The lowest BCUT2D eigenvalue weighted by atomic mass is 9.99. The van der Waals surface area contributed by atoms with E-state index in [-0.39, 0.29) is 40.7 Å². The maximum absolute atomic E-state index is 13.3. The molecule has 12 heteroatoms. The first-order valence-electron chi connectivity index (χ1n) is 20.4. The fraction of sp³-hybridized carbons (Fsp3) is 0.176. The zero-order chi connectivity index (χ0) is 45.5. The minimum absolute atomic E-state index is 0.0648. The van der Waals surface area contributed by atoms with E-state index in [1.54, 1.807) is 79.1 Å². The van der Waals surface area contributed by atoms with E-state index in [1.807, 2.05) is 88.4 Å². The molecule has 0 atom stereocenters. The highest BCUT2D eigenvalue weighted by Gasteiger charge is 2.25. The molecule has 320 valence electrons. The van der Waals surface area contributed by atoms with Gasteiger partial charge in [0.1, 0.15) is 0 Å². The van der Waals surface area contributed by atoms with Gasteiger partial charge in [-0.1, -0.05) is 72.8 Å². The van der Waals surface area contributed by atoms with Crippen LogP contribution in [0.2, 0.25) is 0 Å². The fourth-order valence-electron chi connectivity index (χ4n) is 7.99.